The minimum Gasteiger partial charge on any atom is -0.480 e. The molecule has 2 atom stereocenters. The molecule has 0 aromatic heterocycles. The lowest BCUT2D eigenvalue weighted by atomic mass is 10.2. The molecule has 0 rings (SSSR count). The summed E-state index contributed by atoms with van der Waals surface area (Å²) >= 11 is 0. The highest BCUT2D eigenvalue weighted by Gasteiger charge is 2.16. The second kappa shape index (κ2) is 7.48. The van der Waals surface area contributed by atoms with Gasteiger partial charge >= 0.3 is 13.7 Å². The molecule has 7 heteroatoms. The minimum atomic E-state index is -1.18. The lowest BCUT2D eigenvalue weighted by Gasteiger charge is -2.06. The molecule has 0 aliphatic rings. The predicted molar refractivity (Wildman–Crippen MR) is 37.5 cm³/mol. The molecule has 0 aliphatic heterocycles. The highest BCUT2D eigenvalue weighted by Crippen LogP contribution is 1.85. The summed E-state index contributed by atoms with van der Waals surface area (Å²) in [4.78, 5) is 9.86. The molecular weight excluding hydrogens is 153 g/mol. The number of hydrogen-bond donors (Lipinski definition) is 5. The van der Waals surface area contributed by atoms with E-state index in [1.54, 1.807) is 0 Å². The summed E-state index contributed by atoms with van der Waals surface area (Å²) < 4.78 is 0. The van der Waals surface area contributed by atoms with Crippen LogP contribution in [-0.2, 0) is 4.79 Å². The van der Waals surface area contributed by atoms with E-state index in [-0.39, 0.29) is 7.69 Å². The Morgan fingerprint density at radius 1 is 1.55 bits per heavy atom. The molecule has 0 spiro atoms. The molecule has 0 heterocycles. The van der Waals surface area contributed by atoms with Gasteiger partial charge in [0.25, 0.3) is 0 Å². The number of hydrogen-bond acceptors (Lipinski definition) is 5. The number of aliphatic hydroxyl groups excluding tert-OH is 1. The highest BCUT2D eigenvalue weighted by atomic mass is 16.4. The summed E-state index contributed by atoms with van der Waals surface area (Å²) in [6.07, 6.45) is -0.979. The van der Waals surface area contributed by atoms with E-state index in [9.17, 15) is 4.79 Å². The van der Waals surface area contributed by atoms with Crippen LogP contribution in [0.1, 0.15) is 6.92 Å². The second-order valence-electron chi connectivity index (χ2n) is 1.72. The third-order valence-electron chi connectivity index (χ3n) is 0.805. The number of carboxylic acids is 1. The van der Waals surface area contributed by atoms with Crippen LogP contribution in [-0.4, -0.2) is 46.1 Å². The van der Waals surface area contributed by atoms with Gasteiger partial charge in [0.2, 0.25) is 0 Å². The number of rotatable bonds is 2. The molecule has 0 fully saturated rings. The zero-order valence-electron chi connectivity index (χ0n) is 6.01. The van der Waals surface area contributed by atoms with Crippen molar-refractivity contribution in [1.82, 2.24) is 0 Å². The zero-order chi connectivity index (χ0) is 9.44. The van der Waals surface area contributed by atoms with E-state index < -0.39 is 18.1 Å². The molecular formula is C4H11BNO5. The first-order valence-electron chi connectivity index (χ1n) is 2.74. The molecule has 1 radical (unpaired) electrons. The van der Waals surface area contributed by atoms with Crippen molar-refractivity contribution in [2.45, 2.75) is 19.1 Å². The van der Waals surface area contributed by atoms with Crippen molar-refractivity contribution in [2.75, 3.05) is 0 Å². The summed E-state index contributed by atoms with van der Waals surface area (Å²) in [7, 11) is 0. The van der Waals surface area contributed by atoms with Gasteiger partial charge in [-0.2, -0.15) is 0 Å². The Balaban J connectivity index is 0. The van der Waals surface area contributed by atoms with Gasteiger partial charge in [-0.05, 0) is 6.92 Å². The minimum absolute atomic E-state index is 0. The van der Waals surface area contributed by atoms with Gasteiger partial charge in [-0.25, -0.2) is 0 Å². The largest absolute Gasteiger partial charge is 0.482 e. The molecule has 0 amide bonds. The average molecular weight is 164 g/mol. The number of aliphatic hydroxyl groups is 1. The fourth-order valence-corrected chi connectivity index (χ4v) is 0.206. The number of carboxylic acid groups (broad SMARTS) is 1. The molecule has 0 unspecified atom stereocenters. The van der Waals surface area contributed by atoms with E-state index in [1.807, 2.05) is 0 Å². The van der Waals surface area contributed by atoms with Crippen molar-refractivity contribution < 1.29 is 25.1 Å². The predicted octanol–water partition coefficient (Wildman–Crippen LogP) is -2.72. The highest BCUT2D eigenvalue weighted by molar-refractivity contribution is 6.13. The Bertz CT molecular complexity index is 109. The third kappa shape index (κ3) is 9.37. The van der Waals surface area contributed by atoms with Crippen LogP contribution in [0.2, 0.25) is 0 Å². The second-order valence-corrected chi connectivity index (χ2v) is 1.72. The molecule has 0 saturated carbocycles. The maximum Gasteiger partial charge on any atom is 0.482 e. The van der Waals surface area contributed by atoms with Crippen LogP contribution in [0.3, 0.4) is 0 Å². The van der Waals surface area contributed by atoms with Crippen LogP contribution in [0.4, 0.5) is 0 Å². The van der Waals surface area contributed by atoms with Crippen LogP contribution in [0.15, 0.2) is 0 Å². The summed E-state index contributed by atoms with van der Waals surface area (Å²) in [6, 6.07) is -1.16. The first-order chi connectivity index (χ1) is 4.97. The van der Waals surface area contributed by atoms with Crippen molar-refractivity contribution in [3.05, 3.63) is 0 Å². The molecule has 0 aromatic rings. The van der Waals surface area contributed by atoms with Gasteiger partial charge in [-0.1, -0.05) is 0 Å². The Morgan fingerprint density at radius 3 is 1.82 bits per heavy atom. The SMILES string of the molecule is C[C@@H](O)[C@H](N)C(=O)O.O[B]O. The van der Waals surface area contributed by atoms with Gasteiger partial charge < -0.3 is 26.0 Å². The number of aliphatic carboxylic acids is 1. The molecule has 0 saturated heterocycles. The lowest BCUT2D eigenvalue weighted by Crippen LogP contribution is -2.39. The van der Waals surface area contributed by atoms with E-state index >= 15 is 0 Å². The molecule has 6 nitrogen and oxygen atoms in total. The Morgan fingerprint density at radius 2 is 1.82 bits per heavy atom. The monoisotopic (exact) mass is 164 g/mol. The van der Waals surface area contributed by atoms with Crippen LogP contribution in [0, 0.1) is 0 Å². The van der Waals surface area contributed by atoms with Gasteiger partial charge in [0.05, 0.1) is 6.10 Å². The topological polar surface area (TPSA) is 124 Å². The van der Waals surface area contributed by atoms with Gasteiger partial charge in [0, 0.05) is 0 Å². The average Bonchev–Trinajstić information content (AvgIpc) is 1.87. The van der Waals surface area contributed by atoms with E-state index in [4.69, 9.17) is 26.0 Å². The van der Waals surface area contributed by atoms with Crippen molar-refractivity contribution >= 4 is 13.7 Å². The van der Waals surface area contributed by atoms with Gasteiger partial charge in [0.15, 0.2) is 0 Å². The smallest absolute Gasteiger partial charge is 0.480 e. The van der Waals surface area contributed by atoms with Crippen LogP contribution < -0.4 is 5.73 Å². The lowest BCUT2D eigenvalue weighted by molar-refractivity contribution is -0.140. The fraction of sp³-hybridized carbons (Fsp3) is 0.750. The van der Waals surface area contributed by atoms with Gasteiger partial charge in [0.1, 0.15) is 6.04 Å². The van der Waals surface area contributed by atoms with E-state index in [0.29, 0.717) is 0 Å². The molecule has 6 N–H and O–H groups in total. The van der Waals surface area contributed by atoms with Crippen molar-refractivity contribution in [2.24, 2.45) is 5.73 Å². The number of carbonyl (C=O) groups is 1. The third-order valence-corrected chi connectivity index (χ3v) is 0.805. The summed E-state index contributed by atoms with van der Waals surface area (Å²) in [6.45, 7) is 1.33. The Kier molecular flexibility index (Phi) is 8.84. The van der Waals surface area contributed by atoms with Crippen LogP contribution >= 0.6 is 0 Å². The van der Waals surface area contributed by atoms with Crippen molar-refractivity contribution in [3.8, 4) is 0 Å². The van der Waals surface area contributed by atoms with Gasteiger partial charge in [-0.15, -0.1) is 0 Å². The Hall–Kier alpha value is -0.625. The summed E-state index contributed by atoms with van der Waals surface area (Å²) in [5.74, 6) is -1.18. The molecule has 0 bridgehead atoms. The molecule has 11 heavy (non-hydrogen) atoms. The maximum atomic E-state index is 9.86. The first-order valence-corrected chi connectivity index (χ1v) is 2.74. The first kappa shape index (κ1) is 13.0. The molecule has 0 aromatic carbocycles. The van der Waals surface area contributed by atoms with Crippen molar-refractivity contribution in [1.29, 1.82) is 0 Å². The molecule has 0 aliphatic carbocycles. The Labute approximate surface area is 64.6 Å². The standard InChI is InChI=1S/C4H9NO3.BH2O2/c1-2(6)3(5)4(7)8;2-1-3/h2-3,6H,5H2,1H3,(H,7,8);2-3H/t2-,3+;/m1./s1. The fourth-order valence-electron chi connectivity index (χ4n) is 0.206. The van der Waals surface area contributed by atoms with Crippen molar-refractivity contribution in [3.63, 3.8) is 0 Å². The summed E-state index contributed by atoms with van der Waals surface area (Å²) in [5.41, 5.74) is 4.91. The number of nitrogens with two attached hydrogens (primary N) is 1. The quantitative estimate of drug-likeness (QED) is 0.282. The van der Waals surface area contributed by atoms with Crippen LogP contribution in [0.25, 0.3) is 0 Å². The van der Waals surface area contributed by atoms with E-state index in [2.05, 4.69) is 0 Å². The normalized spacial score (nSPS) is 13.9. The van der Waals surface area contributed by atoms with E-state index in [1.165, 1.54) is 6.92 Å². The maximum absolute atomic E-state index is 9.86. The van der Waals surface area contributed by atoms with Crippen LogP contribution in [0.5, 0.6) is 0 Å². The van der Waals surface area contributed by atoms with Gasteiger partial charge in [-0.3, -0.25) is 4.79 Å². The zero-order valence-corrected chi connectivity index (χ0v) is 6.01. The van der Waals surface area contributed by atoms with E-state index in [0.717, 1.165) is 0 Å². The summed E-state index contributed by atoms with van der Waals surface area (Å²) in [5, 5.41) is 30.6. The molecule has 65 valence electrons.